The first-order valence-electron chi connectivity index (χ1n) is 9.22. The SMILES string of the molecule is C=CCc1c(OC)cccc1C(=O)C#CCCCOC1CCC[C@H](C)O1. The van der Waals surface area contributed by atoms with Gasteiger partial charge in [-0.2, -0.15) is 0 Å². The minimum Gasteiger partial charge on any atom is -0.496 e. The second-order valence-electron chi connectivity index (χ2n) is 6.39. The molecular formula is C22H28O4. The van der Waals surface area contributed by atoms with Gasteiger partial charge < -0.3 is 14.2 Å². The van der Waals surface area contributed by atoms with E-state index in [0.29, 0.717) is 30.8 Å². The molecule has 1 unspecified atom stereocenters. The van der Waals surface area contributed by atoms with Crippen LogP contribution in [0.4, 0.5) is 0 Å². The molecule has 26 heavy (non-hydrogen) atoms. The molecule has 1 heterocycles. The van der Waals surface area contributed by atoms with E-state index in [4.69, 9.17) is 14.2 Å². The Morgan fingerprint density at radius 3 is 3.00 bits per heavy atom. The van der Waals surface area contributed by atoms with Crippen molar-refractivity contribution in [3.8, 4) is 17.6 Å². The third kappa shape index (κ3) is 6.01. The normalized spacial score (nSPS) is 19.3. The summed E-state index contributed by atoms with van der Waals surface area (Å²) in [6.07, 6.45) is 7.12. The maximum atomic E-state index is 12.4. The van der Waals surface area contributed by atoms with Crippen LogP contribution in [-0.4, -0.2) is 31.9 Å². The van der Waals surface area contributed by atoms with E-state index in [1.165, 1.54) is 0 Å². The molecule has 0 bridgehead atoms. The smallest absolute Gasteiger partial charge is 0.236 e. The molecule has 2 rings (SSSR count). The van der Waals surface area contributed by atoms with Gasteiger partial charge in [0.25, 0.3) is 0 Å². The standard InChI is InChI=1S/C22H28O4/c1-4-10-19-18(12-9-14-21(19)24-3)20(23)13-6-5-7-16-25-22-15-8-11-17(2)26-22/h4,9,12,14,17,22H,1,5,7-8,10-11,15-16H2,2-3H3/t17-,22?/m0/s1. The molecule has 1 aliphatic heterocycles. The highest BCUT2D eigenvalue weighted by molar-refractivity contribution is 6.10. The summed E-state index contributed by atoms with van der Waals surface area (Å²) >= 11 is 0. The number of carbonyl (C=O) groups excluding carboxylic acids is 1. The van der Waals surface area contributed by atoms with Crippen molar-refractivity contribution < 1.29 is 19.0 Å². The predicted molar refractivity (Wildman–Crippen MR) is 102 cm³/mol. The van der Waals surface area contributed by atoms with Crippen LogP contribution in [0.5, 0.6) is 5.75 Å². The van der Waals surface area contributed by atoms with Crippen molar-refractivity contribution in [2.75, 3.05) is 13.7 Å². The van der Waals surface area contributed by atoms with Crippen molar-refractivity contribution in [1.82, 2.24) is 0 Å². The summed E-state index contributed by atoms with van der Waals surface area (Å²) < 4.78 is 16.8. The number of ketones is 1. The van der Waals surface area contributed by atoms with Crippen LogP contribution in [-0.2, 0) is 15.9 Å². The number of hydrogen-bond acceptors (Lipinski definition) is 4. The number of hydrogen-bond donors (Lipinski definition) is 0. The van der Waals surface area contributed by atoms with Gasteiger partial charge >= 0.3 is 0 Å². The molecule has 4 nitrogen and oxygen atoms in total. The van der Waals surface area contributed by atoms with Gasteiger partial charge in [0.15, 0.2) is 6.29 Å². The fourth-order valence-corrected chi connectivity index (χ4v) is 3.00. The van der Waals surface area contributed by atoms with Crippen molar-refractivity contribution in [3.63, 3.8) is 0 Å². The monoisotopic (exact) mass is 356 g/mol. The predicted octanol–water partition coefficient (Wildman–Crippen LogP) is 4.32. The molecule has 1 saturated heterocycles. The lowest BCUT2D eigenvalue weighted by molar-refractivity contribution is -0.189. The minimum absolute atomic E-state index is 0.0911. The molecule has 0 radical (unpaired) electrons. The second kappa shape index (κ2) is 10.8. The molecule has 1 aromatic carbocycles. The number of rotatable bonds is 8. The first-order chi connectivity index (χ1) is 12.7. The Balaban J connectivity index is 1.82. The first-order valence-corrected chi connectivity index (χ1v) is 9.22. The number of Topliss-reactive ketones (excluding diaryl/α,β-unsaturated/α-hetero) is 1. The quantitative estimate of drug-likeness (QED) is 0.229. The molecule has 1 fully saturated rings. The van der Waals surface area contributed by atoms with Crippen molar-refractivity contribution in [2.24, 2.45) is 0 Å². The van der Waals surface area contributed by atoms with Gasteiger partial charge in [-0.15, -0.1) is 6.58 Å². The van der Waals surface area contributed by atoms with Crippen LogP contribution in [0.1, 0.15) is 54.9 Å². The number of carbonyl (C=O) groups is 1. The van der Waals surface area contributed by atoms with Gasteiger partial charge in [-0.25, -0.2) is 0 Å². The zero-order valence-corrected chi connectivity index (χ0v) is 15.8. The molecular weight excluding hydrogens is 328 g/mol. The molecule has 140 valence electrons. The maximum absolute atomic E-state index is 12.4. The summed E-state index contributed by atoms with van der Waals surface area (Å²) in [5.41, 5.74) is 1.41. The Kier molecular flexibility index (Phi) is 8.40. The average Bonchev–Trinajstić information content (AvgIpc) is 2.64. The maximum Gasteiger partial charge on any atom is 0.236 e. The fraction of sp³-hybridized carbons (Fsp3) is 0.500. The Bertz CT molecular complexity index is 668. The zero-order valence-electron chi connectivity index (χ0n) is 15.8. The van der Waals surface area contributed by atoms with Crippen LogP contribution in [0.3, 0.4) is 0 Å². The molecule has 0 aromatic heterocycles. The van der Waals surface area contributed by atoms with E-state index >= 15 is 0 Å². The molecule has 0 amide bonds. The molecule has 0 spiro atoms. The van der Waals surface area contributed by atoms with Crippen LogP contribution >= 0.6 is 0 Å². The molecule has 4 heteroatoms. The average molecular weight is 356 g/mol. The van der Waals surface area contributed by atoms with Crippen LogP contribution in [0.15, 0.2) is 30.9 Å². The van der Waals surface area contributed by atoms with E-state index in [-0.39, 0.29) is 18.2 Å². The van der Waals surface area contributed by atoms with Crippen LogP contribution in [0, 0.1) is 11.8 Å². The van der Waals surface area contributed by atoms with E-state index in [1.807, 2.05) is 6.07 Å². The van der Waals surface area contributed by atoms with Crippen molar-refractivity contribution >= 4 is 5.78 Å². The summed E-state index contributed by atoms with van der Waals surface area (Å²) in [5, 5.41) is 0. The summed E-state index contributed by atoms with van der Waals surface area (Å²) in [6.45, 7) is 6.42. The summed E-state index contributed by atoms with van der Waals surface area (Å²) in [4.78, 5) is 12.4. The molecule has 0 aliphatic carbocycles. The van der Waals surface area contributed by atoms with Crippen LogP contribution in [0.25, 0.3) is 0 Å². The van der Waals surface area contributed by atoms with Gasteiger partial charge in [0.2, 0.25) is 5.78 Å². The van der Waals surface area contributed by atoms with E-state index in [2.05, 4.69) is 25.3 Å². The van der Waals surface area contributed by atoms with Crippen molar-refractivity contribution in [2.45, 2.75) is 57.8 Å². The van der Waals surface area contributed by atoms with E-state index in [1.54, 1.807) is 25.3 Å². The lowest BCUT2D eigenvalue weighted by Crippen LogP contribution is -2.28. The number of unbranched alkanes of at least 4 members (excludes halogenated alkanes) is 1. The Hall–Kier alpha value is -2.09. The summed E-state index contributed by atoms with van der Waals surface area (Å²) in [7, 11) is 1.60. The van der Waals surface area contributed by atoms with Gasteiger partial charge in [0, 0.05) is 17.5 Å². The lowest BCUT2D eigenvalue weighted by Gasteiger charge is -2.27. The van der Waals surface area contributed by atoms with Gasteiger partial charge in [-0.05, 0) is 57.1 Å². The first kappa shape index (κ1) is 20.2. The zero-order chi connectivity index (χ0) is 18.8. The van der Waals surface area contributed by atoms with Crippen molar-refractivity contribution in [1.29, 1.82) is 0 Å². The topological polar surface area (TPSA) is 44.8 Å². The van der Waals surface area contributed by atoms with Crippen LogP contribution < -0.4 is 4.74 Å². The minimum atomic E-state index is -0.189. The number of ether oxygens (including phenoxy) is 3. The van der Waals surface area contributed by atoms with Crippen molar-refractivity contribution in [3.05, 3.63) is 42.0 Å². The van der Waals surface area contributed by atoms with Gasteiger partial charge in [0.05, 0.1) is 19.8 Å². The number of allylic oxidation sites excluding steroid dienone is 1. The largest absolute Gasteiger partial charge is 0.496 e. The second-order valence-corrected chi connectivity index (χ2v) is 6.39. The van der Waals surface area contributed by atoms with E-state index in [0.717, 1.165) is 31.2 Å². The van der Waals surface area contributed by atoms with Gasteiger partial charge in [0.1, 0.15) is 5.75 Å². The molecule has 0 saturated carbocycles. The lowest BCUT2D eigenvalue weighted by atomic mass is 10.00. The molecule has 1 aromatic rings. The molecule has 1 aliphatic rings. The third-order valence-electron chi connectivity index (χ3n) is 4.33. The highest BCUT2D eigenvalue weighted by atomic mass is 16.7. The van der Waals surface area contributed by atoms with Gasteiger partial charge in [-0.1, -0.05) is 18.1 Å². The number of methoxy groups -OCH3 is 1. The highest BCUT2D eigenvalue weighted by Crippen LogP contribution is 2.23. The van der Waals surface area contributed by atoms with E-state index in [9.17, 15) is 4.79 Å². The number of benzene rings is 1. The highest BCUT2D eigenvalue weighted by Gasteiger charge is 2.19. The van der Waals surface area contributed by atoms with Gasteiger partial charge in [-0.3, -0.25) is 4.79 Å². The Labute approximate surface area is 156 Å². The third-order valence-corrected chi connectivity index (χ3v) is 4.33. The summed E-state index contributed by atoms with van der Waals surface area (Å²) in [5.74, 6) is 6.18. The molecule has 2 atom stereocenters. The van der Waals surface area contributed by atoms with E-state index < -0.39 is 0 Å². The molecule has 0 N–H and O–H groups in total. The van der Waals surface area contributed by atoms with Crippen LogP contribution in [0.2, 0.25) is 0 Å². The Morgan fingerprint density at radius 1 is 1.42 bits per heavy atom. The Morgan fingerprint density at radius 2 is 2.27 bits per heavy atom. The fourth-order valence-electron chi connectivity index (χ4n) is 3.00. The summed E-state index contributed by atoms with van der Waals surface area (Å²) in [6, 6.07) is 5.43.